The second kappa shape index (κ2) is 56.4. The Hall–Kier alpha value is -3.33. The Morgan fingerprint density at radius 2 is 0.750 bits per heavy atom. The van der Waals surface area contributed by atoms with Gasteiger partial charge in [0.05, 0.1) is 27.7 Å². The first-order valence-corrected chi connectivity index (χ1v) is 32.1. The Morgan fingerprint density at radius 1 is 0.421 bits per heavy atom. The number of carbonyl (C=O) groups excluding carboxylic acids is 2. The van der Waals surface area contributed by atoms with Gasteiger partial charge >= 0.3 is 11.9 Å². The molecular weight excluding hydrogens is 966 g/mol. The van der Waals surface area contributed by atoms with Gasteiger partial charge in [-0.15, -0.1) is 0 Å². The number of rotatable bonds is 55. The van der Waals surface area contributed by atoms with Crippen LogP contribution in [0, 0.1) is 0 Å². The lowest BCUT2D eigenvalue weighted by Gasteiger charge is -2.28. The number of nitrogens with zero attached hydrogens (tertiary/aromatic N) is 1. The first-order chi connectivity index (χ1) is 37.0. The van der Waals surface area contributed by atoms with Crippen LogP contribution >= 0.6 is 7.82 Å². The molecule has 0 radical (unpaired) electrons. The molecule has 436 valence electrons. The summed E-state index contributed by atoms with van der Waals surface area (Å²) in [6, 6.07) is 0. The number of unbranched alkanes of at least 4 members (excludes halogenated alkanes) is 23. The van der Waals surface area contributed by atoms with Crippen molar-refractivity contribution < 1.29 is 42.1 Å². The van der Waals surface area contributed by atoms with Crippen LogP contribution in [0.1, 0.15) is 245 Å². The van der Waals surface area contributed by atoms with E-state index in [0.717, 1.165) is 96.3 Å². The number of phosphoric ester groups is 1. The van der Waals surface area contributed by atoms with Crippen LogP contribution in [0.5, 0.6) is 0 Å². The highest BCUT2D eigenvalue weighted by Crippen LogP contribution is 2.38. The molecule has 0 spiro atoms. The van der Waals surface area contributed by atoms with Gasteiger partial charge in [0, 0.05) is 12.8 Å². The van der Waals surface area contributed by atoms with E-state index < -0.39 is 26.5 Å². The molecule has 0 fully saturated rings. The predicted molar refractivity (Wildman–Crippen MR) is 323 cm³/mol. The number of ether oxygens (including phenoxy) is 2. The van der Waals surface area contributed by atoms with Gasteiger partial charge in [-0.05, 0) is 83.5 Å². The number of hydrogen-bond acceptors (Lipinski definition) is 8. The Labute approximate surface area is 467 Å². The molecule has 0 aliphatic carbocycles. The van der Waals surface area contributed by atoms with Crippen molar-refractivity contribution >= 4 is 19.8 Å². The second-order valence-corrected chi connectivity index (χ2v) is 22.8. The van der Waals surface area contributed by atoms with Gasteiger partial charge in [-0.3, -0.25) is 14.2 Å². The van der Waals surface area contributed by atoms with Gasteiger partial charge in [0.25, 0.3) is 7.82 Å². The number of hydrogen-bond donors (Lipinski definition) is 0. The van der Waals surface area contributed by atoms with Crippen LogP contribution in [-0.2, 0) is 32.7 Å². The third-order valence-electron chi connectivity index (χ3n) is 12.8. The molecule has 0 heterocycles. The molecule has 0 bridgehead atoms. The maximum atomic E-state index is 12.8. The van der Waals surface area contributed by atoms with Crippen LogP contribution < -0.4 is 4.89 Å². The maximum absolute atomic E-state index is 12.8. The predicted octanol–water partition coefficient (Wildman–Crippen LogP) is 18.7. The van der Waals surface area contributed by atoms with Gasteiger partial charge in [-0.1, -0.05) is 258 Å². The summed E-state index contributed by atoms with van der Waals surface area (Å²) in [7, 11) is 1.16. The van der Waals surface area contributed by atoms with Crippen LogP contribution in [0.15, 0.2) is 109 Å². The maximum Gasteiger partial charge on any atom is 0.306 e. The molecule has 2 atom stereocenters. The van der Waals surface area contributed by atoms with E-state index in [-0.39, 0.29) is 32.0 Å². The standard InChI is InChI=1S/C66H114NO8P/c1-6-8-10-12-14-16-18-19-20-21-22-23-24-25-26-27-28-29-30-31-32-33-34-35-36-37-38-39-40-41-42-43-44-45-46-47-49-51-53-55-57-59-66(69)75-64(63-74-76(70,71)73-61-60-67(3,4)5)62-72-65(68)58-56-54-52-50-48-17-15-13-11-9-7-2/h8,10,14,16,19-20,22-23,25-26,28-29,31-32,34-35,37-38,64H,6-7,9,11-13,15,17-18,21,24,27,30,33,36,39-63H2,1-5H3/b10-8-,16-14-,20-19-,23-22-,26-25-,29-28-,32-31-,35-34-,38-37-. The van der Waals surface area contributed by atoms with Gasteiger partial charge in [-0.2, -0.15) is 0 Å². The van der Waals surface area contributed by atoms with Crippen LogP contribution in [0.2, 0.25) is 0 Å². The van der Waals surface area contributed by atoms with E-state index >= 15 is 0 Å². The quantitative estimate of drug-likeness (QED) is 0.0195. The average molecular weight is 1080 g/mol. The summed E-state index contributed by atoms with van der Waals surface area (Å²) in [6.07, 6.45) is 78.7. The molecule has 0 saturated carbocycles. The smallest absolute Gasteiger partial charge is 0.306 e. The van der Waals surface area contributed by atoms with Crippen LogP contribution in [0.4, 0.5) is 0 Å². The van der Waals surface area contributed by atoms with E-state index in [1.165, 1.54) is 116 Å². The Bertz CT molecular complexity index is 1650. The summed E-state index contributed by atoms with van der Waals surface area (Å²) >= 11 is 0. The topological polar surface area (TPSA) is 111 Å². The minimum Gasteiger partial charge on any atom is -0.756 e. The third-order valence-corrected chi connectivity index (χ3v) is 13.8. The molecule has 9 nitrogen and oxygen atoms in total. The highest BCUT2D eigenvalue weighted by molar-refractivity contribution is 7.45. The van der Waals surface area contributed by atoms with Crippen molar-refractivity contribution in [1.82, 2.24) is 0 Å². The molecule has 0 saturated heterocycles. The molecule has 0 rings (SSSR count). The zero-order valence-electron chi connectivity index (χ0n) is 49.4. The van der Waals surface area contributed by atoms with E-state index in [9.17, 15) is 19.0 Å². The number of quaternary nitrogens is 1. The number of phosphoric acid groups is 1. The average Bonchev–Trinajstić information content (AvgIpc) is 3.38. The van der Waals surface area contributed by atoms with E-state index in [4.69, 9.17) is 18.5 Å². The molecule has 2 unspecified atom stereocenters. The van der Waals surface area contributed by atoms with Gasteiger partial charge in [0.1, 0.15) is 19.8 Å². The van der Waals surface area contributed by atoms with E-state index in [2.05, 4.69) is 123 Å². The second-order valence-electron chi connectivity index (χ2n) is 21.3. The minimum atomic E-state index is -4.63. The van der Waals surface area contributed by atoms with Crippen molar-refractivity contribution in [2.45, 2.75) is 251 Å². The largest absolute Gasteiger partial charge is 0.756 e. The highest BCUT2D eigenvalue weighted by Gasteiger charge is 2.22. The van der Waals surface area contributed by atoms with Crippen molar-refractivity contribution in [3.05, 3.63) is 109 Å². The summed E-state index contributed by atoms with van der Waals surface area (Å²) in [5, 5.41) is 0. The van der Waals surface area contributed by atoms with Gasteiger partial charge in [0.2, 0.25) is 0 Å². The van der Waals surface area contributed by atoms with Crippen LogP contribution in [0.25, 0.3) is 0 Å². The van der Waals surface area contributed by atoms with Crippen molar-refractivity contribution in [1.29, 1.82) is 0 Å². The van der Waals surface area contributed by atoms with Crippen molar-refractivity contribution in [2.24, 2.45) is 0 Å². The molecule has 0 aliphatic rings. The lowest BCUT2D eigenvalue weighted by atomic mass is 10.0. The van der Waals surface area contributed by atoms with E-state index in [1.54, 1.807) is 0 Å². The Balaban J connectivity index is 3.99. The molecule has 0 amide bonds. The number of likely N-dealkylation sites (N-methyl/N-ethyl adjacent to an activating group) is 1. The molecule has 76 heavy (non-hydrogen) atoms. The molecular formula is C66H114NO8P. The molecule has 0 aromatic rings. The lowest BCUT2D eigenvalue weighted by Crippen LogP contribution is -2.37. The normalized spacial score (nSPS) is 14.0. The monoisotopic (exact) mass is 1080 g/mol. The summed E-state index contributed by atoms with van der Waals surface area (Å²) in [5.74, 6) is -0.835. The van der Waals surface area contributed by atoms with Gasteiger partial charge in [-0.25, -0.2) is 0 Å². The fraction of sp³-hybridized carbons (Fsp3) is 0.697. The Morgan fingerprint density at radius 3 is 1.12 bits per heavy atom. The summed E-state index contributed by atoms with van der Waals surface area (Å²) in [6.45, 7) is 4.11. The molecule has 10 heteroatoms. The Kier molecular flexibility index (Phi) is 53.9. The summed E-state index contributed by atoms with van der Waals surface area (Å²) < 4.78 is 34.1. The van der Waals surface area contributed by atoms with Crippen molar-refractivity contribution in [3.8, 4) is 0 Å². The van der Waals surface area contributed by atoms with Crippen LogP contribution in [-0.4, -0.2) is 70.0 Å². The summed E-state index contributed by atoms with van der Waals surface area (Å²) in [4.78, 5) is 37.7. The van der Waals surface area contributed by atoms with Crippen LogP contribution in [0.3, 0.4) is 0 Å². The van der Waals surface area contributed by atoms with E-state index in [0.29, 0.717) is 17.4 Å². The fourth-order valence-corrected chi connectivity index (χ4v) is 8.85. The van der Waals surface area contributed by atoms with Gasteiger partial charge in [0.15, 0.2) is 6.10 Å². The fourth-order valence-electron chi connectivity index (χ4n) is 8.12. The van der Waals surface area contributed by atoms with Gasteiger partial charge < -0.3 is 27.9 Å². The number of carbonyl (C=O) groups is 2. The first-order valence-electron chi connectivity index (χ1n) is 30.6. The lowest BCUT2D eigenvalue weighted by molar-refractivity contribution is -0.870. The molecule has 0 aliphatic heterocycles. The molecule has 0 aromatic heterocycles. The molecule has 0 aromatic carbocycles. The summed E-state index contributed by atoms with van der Waals surface area (Å²) in [5.41, 5.74) is 0. The SMILES string of the molecule is CC/C=C\C/C=C\C/C=C\C/C=C\C/C=C\C/C=C\C/C=C\C/C=C\C/C=C\CCCCCCCCCCCCCCCC(=O)OC(COC(=O)CCCCCCCCCCCCC)COP(=O)([O-])OCC[N+](C)(C)C. The zero-order chi connectivity index (χ0) is 55.6. The van der Waals surface area contributed by atoms with Crippen molar-refractivity contribution in [2.75, 3.05) is 47.5 Å². The minimum absolute atomic E-state index is 0.0331. The van der Waals surface area contributed by atoms with E-state index in [1.807, 2.05) is 21.1 Å². The molecule has 0 N–H and O–H groups in total. The highest BCUT2D eigenvalue weighted by atomic mass is 31.2. The number of allylic oxidation sites excluding steroid dienone is 18. The van der Waals surface area contributed by atoms with Crippen molar-refractivity contribution in [3.63, 3.8) is 0 Å². The first kappa shape index (κ1) is 72.7. The number of esters is 2. The zero-order valence-corrected chi connectivity index (χ0v) is 50.3. The third kappa shape index (κ3) is 59.9.